The number of aromatic amines is 1. The fourth-order valence-electron chi connectivity index (χ4n) is 2.27. The highest BCUT2D eigenvalue weighted by Crippen LogP contribution is 2.34. The molecule has 0 saturated carbocycles. The minimum absolute atomic E-state index is 0.0280. The maximum Gasteiger partial charge on any atom is 0.201 e. The summed E-state index contributed by atoms with van der Waals surface area (Å²) in [7, 11) is 1.39. The molecule has 0 aliphatic carbocycles. The fourth-order valence-corrected chi connectivity index (χ4v) is 2.59. The van der Waals surface area contributed by atoms with Gasteiger partial charge in [0.15, 0.2) is 11.6 Å². The van der Waals surface area contributed by atoms with Crippen LogP contribution in [-0.4, -0.2) is 22.9 Å². The number of rotatable bonds is 3. The number of nitrogens with zero attached hydrogens (tertiary/aromatic N) is 1. The van der Waals surface area contributed by atoms with Gasteiger partial charge < -0.3 is 15.5 Å². The molecule has 2 heterocycles. The molecule has 2 aromatic heterocycles. The summed E-state index contributed by atoms with van der Waals surface area (Å²) in [4.78, 5) is 19.4. The van der Waals surface area contributed by atoms with Crippen molar-refractivity contribution in [2.75, 3.05) is 12.8 Å². The lowest BCUT2D eigenvalue weighted by atomic mass is 10.0. The summed E-state index contributed by atoms with van der Waals surface area (Å²) in [5, 5.41) is 0.337. The smallest absolute Gasteiger partial charge is 0.201 e. The van der Waals surface area contributed by atoms with Crippen molar-refractivity contribution in [2.45, 2.75) is 0 Å². The molecule has 0 amide bonds. The number of H-pyrrole nitrogens is 1. The first kappa shape index (κ1) is 15.2. The van der Waals surface area contributed by atoms with Gasteiger partial charge in [0, 0.05) is 6.20 Å². The molecule has 5 nitrogen and oxygen atoms in total. The molecule has 0 spiro atoms. The van der Waals surface area contributed by atoms with Crippen molar-refractivity contribution in [3.63, 3.8) is 0 Å². The highest BCUT2D eigenvalue weighted by Gasteiger charge is 2.25. The Kier molecular flexibility index (Phi) is 3.65. The van der Waals surface area contributed by atoms with Crippen LogP contribution in [0, 0.1) is 11.6 Å². The zero-order valence-electron chi connectivity index (χ0n) is 11.8. The molecule has 0 unspecified atom stereocenters. The number of fused-ring (bicyclic) bond motifs is 1. The van der Waals surface area contributed by atoms with E-state index in [2.05, 4.69) is 9.97 Å². The summed E-state index contributed by atoms with van der Waals surface area (Å²) in [5.41, 5.74) is 4.61. The minimum atomic E-state index is -1.11. The molecule has 23 heavy (non-hydrogen) atoms. The van der Waals surface area contributed by atoms with Crippen LogP contribution in [0.15, 0.2) is 24.5 Å². The molecule has 0 aliphatic heterocycles. The highest BCUT2D eigenvalue weighted by atomic mass is 35.5. The second kappa shape index (κ2) is 5.51. The number of methoxy groups -OCH3 is 1. The van der Waals surface area contributed by atoms with Crippen molar-refractivity contribution in [1.82, 2.24) is 9.97 Å². The normalized spacial score (nSPS) is 11.0. The molecule has 0 fully saturated rings. The number of nitrogens with two attached hydrogens (primary N) is 1. The predicted molar refractivity (Wildman–Crippen MR) is 81.9 cm³/mol. The van der Waals surface area contributed by atoms with E-state index in [0.717, 1.165) is 12.1 Å². The minimum Gasteiger partial charge on any atom is -0.494 e. The van der Waals surface area contributed by atoms with Crippen molar-refractivity contribution < 1.29 is 18.3 Å². The Morgan fingerprint density at radius 2 is 2.13 bits per heavy atom. The molecular formula is C15H10ClF2N3O2. The summed E-state index contributed by atoms with van der Waals surface area (Å²) in [6, 6.07) is 1.98. The number of nitrogens with one attached hydrogen (secondary N) is 1. The van der Waals surface area contributed by atoms with Gasteiger partial charge in [-0.2, -0.15) is 0 Å². The van der Waals surface area contributed by atoms with Gasteiger partial charge in [-0.25, -0.2) is 13.8 Å². The summed E-state index contributed by atoms with van der Waals surface area (Å²) in [6.07, 6.45) is 2.66. The average molecular weight is 338 g/mol. The zero-order valence-corrected chi connectivity index (χ0v) is 12.5. The third-order valence-corrected chi connectivity index (χ3v) is 3.79. The van der Waals surface area contributed by atoms with E-state index in [4.69, 9.17) is 22.1 Å². The number of ketones is 1. The van der Waals surface area contributed by atoms with Crippen LogP contribution < -0.4 is 10.5 Å². The molecule has 3 aromatic rings. The van der Waals surface area contributed by atoms with E-state index in [1.165, 1.54) is 19.5 Å². The second-order valence-electron chi connectivity index (χ2n) is 4.72. The summed E-state index contributed by atoms with van der Waals surface area (Å²) in [6.45, 7) is 0. The third kappa shape index (κ3) is 2.29. The van der Waals surface area contributed by atoms with Crippen LogP contribution in [0.25, 0.3) is 11.0 Å². The number of anilines is 1. The Bertz CT molecular complexity index is 940. The van der Waals surface area contributed by atoms with Crippen LogP contribution in [-0.2, 0) is 0 Å². The van der Waals surface area contributed by atoms with E-state index in [1.807, 2.05) is 0 Å². The number of benzene rings is 1. The van der Waals surface area contributed by atoms with Crippen molar-refractivity contribution in [1.29, 1.82) is 0 Å². The maximum absolute atomic E-state index is 14.1. The molecule has 0 radical (unpaired) electrons. The zero-order chi connectivity index (χ0) is 16.7. The molecule has 0 bridgehead atoms. The van der Waals surface area contributed by atoms with Crippen molar-refractivity contribution in [3.8, 4) is 5.75 Å². The molecule has 0 saturated heterocycles. The van der Waals surface area contributed by atoms with Crippen LogP contribution in [0.5, 0.6) is 5.75 Å². The maximum atomic E-state index is 14.1. The molecule has 3 N–H and O–H groups in total. The third-order valence-electron chi connectivity index (χ3n) is 3.42. The van der Waals surface area contributed by atoms with Crippen molar-refractivity contribution in [2.24, 2.45) is 0 Å². The monoisotopic (exact) mass is 337 g/mol. The molecule has 8 heteroatoms. The van der Waals surface area contributed by atoms with E-state index in [0.29, 0.717) is 5.65 Å². The van der Waals surface area contributed by atoms with Crippen LogP contribution in [0.2, 0.25) is 5.02 Å². The second-order valence-corrected chi connectivity index (χ2v) is 5.10. The van der Waals surface area contributed by atoms with Gasteiger partial charge in [-0.15, -0.1) is 0 Å². The number of hydrogen-bond donors (Lipinski definition) is 2. The SMILES string of the molecule is COc1cnc2[nH]cc(C(=O)c3c(F)ccc(N)c3F)c2c1Cl. The van der Waals surface area contributed by atoms with Gasteiger partial charge in [-0.05, 0) is 12.1 Å². The van der Waals surface area contributed by atoms with E-state index in [9.17, 15) is 13.6 Å². The lowest BCUT2D eigenvalue weighted by Crippen LogP contribution is -2.09. The Hall–Kier alpha value is -2.67. The molecule has 1 aromatic carbocycles. The van der Waals surface area contributed by atoms with Gasteiger partial charge in [0.25, 0.3) is 0 Å². The van der Waals surface area contributed by atoms with E-state index in [-0.39, 0.29) is 27.4 Å². The number of carbonyl (C=O) groups excluding carboxylic acids is 1. The highest BCUT2D eigenvalue weighted by molar-refractivity contribution is 6.38. The van der Waals surface area contributed by atoms with Gasteiger partial charge in [0.2, 0.25) is 5.78 Å². The predicted octanol–water partition coefficient (Wildman–Crippen LogP) is 3.32. The summed E-state index contributed by atoms with van der Waals surface area (Å²) < 4.78 is 33.0. The molecular weight excluding hydrogens is 328 g/mol. The summed E-state index contributed by atoms with van der Waals surface area (Å²) in [5.74, 6) is -2.78. The first-order chi connectivity index (χ1) is 11.0. The number of halogens is 3. The lowest BCUT2D eigenvalue weighted by molar-refractivity contribution is 0.103. The Balaban J connectivity index is 2.26. The van der Waals surface area contributed by atoms with Crippen LogP contribution in [0.3, 0.4) is 0 Å². The first-order valence-corrected chi connectivity index (χ1v) is 6.81. The van der Waals surface area contributed by atoms with Crippen molar-refractivity contribution >= 4 is 34.1 Å². The number of carbonyl (C=O) groups is 1. The van der Waals surface area contributed by atoms with Gasteiger partial charge in [-0.3, -0.25) is 4.79 Å². The van der Waals surface area contributed by atoms with Crippen LogP contribution in [0.4, 0.5) is 14.5 Å². The fraction of sp³-hybridized carbons (Fsp3) is 0.0667. The Morgan fingerprint density at radius 3 is 2.83 bits per heavy atom. The Morgan fingerprint density at radius 1 is 1.39 bits per heavy atom. The van der Waals surface area contributed by atoms with Gasteiger partial charge in [-0.1, -0.05) is 11.6 Å². The van der Waals surface area contributed by atoms with Crippen LogP contribution >= 0.6 is 11.6 Å². The van der Waals surface area contributed by atoms with Crippen molar-refractivity contribution in [3.05, 3.63) is 52.3 Å². The molecule has 3 rings (SSSR count). The summed E-state index contributed by atoms with van der Waals surface area (Å²) >= 11 is 6.18. The molecule has 0 aliphatic rings. The van der Waals surface area contributed by atoms with Gasteiger partial charge in [0.05, 0.1) is 40.5 Å². The standard InChI is InChI=1S/C15H10ClF2N3O2/c1-23-9-5-21-15-10(12(9)16)6(4-20-15)14(22)11-7(17)2-3-8(19)13(11)18/h2-5H,19H2,1H3,(H,20,21). The molecule has 118 valence electrons. The number of pyridine rings is 1. The largest absolute Gasteiger partial charge is 0.494 e. The number of ether oxygens (including phenoxy) is 1. The number of nitrogen functional groups attached to an aromatic ring is 1. The van der Waals surface area contributed by atoms with Gasteiger partial charge in [0.1, 0.15) is 11.5 Å². The van der Waals surface area contributed by atoms with E-state index >= 15 is 0 Å². The molecule has 0 atom stereocenters. The topological polar surface area (TPSA) is 81.0 Å². The number of aromatic nitrogens is 2. The average Bonchev–Trinajstić information content (AvgIpc) is 2.96. The van der Waals surface area contributed by atoms with Gasteiger partial charge >= 0.3 is 0 Å². The van der Waals surface area contributed by atoms with E-state index in [1.54, 1.807) is 0 Å². The van der Waals surface area contributed by atoms with E-state index < -0.39 is 23.0 Å². The lowest BCUT2D eigenvalue weighted by Gasteiger charge is -2.07. The quantitative estimate of drug-likeness (QED) is 0.567. The first-order valence-electron chi connectivity index (χ1n) is 6.43. The van der Waals surface area contributed by atoms with Crippen LogP contribution in [0.1, 0.15) is 15.9 Å². The Labute approximate surface area is 134 Å². The number of hydrogen-bond acceptors (Lipinski definition) is 4.